The van der Waals surface area contributed by atoms with E-state index in [-0.39, 0.29) is 45.1 Å². The van der Waals surface area contributed by atoms with E-state index in [4.69, 9.17) is 14.6 Å². The van der Waals surface area contributed by atoms with E-state index in [2.05, 4.69) is 0 Å². The molecule has 0 radical (unpaired) electrons. The van der Waals surface area contributed by atoms with Gasteiger partial charge < -0.3 is 19.4 Å². The predicted octanol–water partition coefficient (Wildman–Crippen LogP) is -0.0923. The van der Waals surface area contributed by atoms with Crippen molar-refractivity contribution < 1.29 is 24.2 Å². The second kappa shape index (κ2) is 8.65. The van der Waals surface area contributed by atoms with Crippen LogP contribution in [0, 0.1) is 0 Å². The standard InChI is InChI=1S/C9H16O5/c1-8(11)2-3-9(12)14-7-6-13-5-4-10/h10H,2-7H2,1H3. The fraction of sp³-hybridized carbons (Fsp3) is 0.778. The third-order valence-corrected chi connectivity index (χ3v) is 1.41. The van der Waals surface area contributed by atoms with Gasteiger partial charge in [-0.15, -0.1) is 0 Å². The van der Waals surface area contributed by atoms with Crippen molar-refractivity contribution in [1.82, 2.24) is 0 Å². The second-order valence-electron chi connectivity index (χ2n) is 2.76. The SMILES string of the molecule is CC(=O)CCC(=O)OCCOCCO. The highest BCUT2D eigenvalue weighted by Crippen LogP contribution is 1.93. The first kappa shape index (κ1) is 13.1. The van der Waals surface area contributed by atoms with Crippen molar-refractivity contribution in [3.8, 4) is 0 Å². The van der Waals surface area contributed by atoms with E-state index in [1.54, 1.807) is 0 Å². The Hall–Kier alpha value is -0.940. The quantitative estimate of drug-likeness (QED) is 0.442. The topological polar surface area (TPSA) is 72.8 Å². The van der Waals surface area contributed by atoms with Crippen LogP contribution in [0.5, 0.6) is 0 Å². The van der Waals surface area contributed by atoms with Crippen molar-refractivity contribution in [2.24, 2.45) is 0 Å². The van der Waals surface area contributed by atoms with Crippen molar-refractivity contribution in [2.45, 2.75) is 19.8 Å². The molecule has 0 rings (SSSR count). The van der Waals surface area contributed by atoms with Crippen LogP contribution in [0.25, 0.3) is 0 Å². The summed E-state index contributed by atoms with van der Waals surface area (Å²) in [6, 6.07) is 0. The highest BCUT2D eigenvalue weighted by molar-refractivity contribution is 5.80. The molecule has 0 amide bonds. The lowest BCUT2D eigenvalue weighted by molar-refractivity contribution is -0.146. The van der Waals surface area contributed by atoms with Gasteiger partial charge in [-0.3, -0.25) is 4.79 Å². The molecular weight excluding hydrogens is 188 g/mol. The lowest BCUT2D eigenvalue weighted by Crippen LogP contribution is -2.12. The molecule has 0 spiro atoms. The molecule has 0 aromatic rings. The van der Waals surface area contributed by atoms with Crippen LogP contribution in [-0.2, 0) is 19.1 Å². The van der Waals surface area contributed by atoms with Gasteiger partial charge in [-0.05, 0) is 6.92 Å². The Kier molecular flexibility index (Phi) is 8.07. The van der Waals surface area contributed by atoms with Crippen LogP contribution in [0.3, 0.4) is 0 Å². The summed E-state index contributed by atoms with van der Waals surface area (Å²) < 4.78 is 9.61. The second-order valence-corrected chi connectivity index (χ2v) is 2.76. The maximum Gasteiger partial charge on any atom is 0.306 e. The van der Waals surface area contributed by atoms with Crippen LogP contribution in [0.2, 0.25) is 0 Å². The molecule has 0 heterocycles. The lowest BCUT2D eigenvalue weighted by Gasteiger charge is -2.04. The zero-order chi connectivity index (χ0) is 10.8. The minimum atomic E-state index is -0.396. The van der Waals surface area contributed by atoms with Crippen LogP contribution in [0.4, 0.5) is 0 Å². The number of carbonyl (C=O) groups is 2. The van der Waals surface area contributed by atoms with Crippen LogP contribution in [0.1, 0.15) is 19.8 Å². The van der Waals surface area contributed by atoms with E-state index >= 15 is 0 Å². The van der Waals surface area contributed by atoms with Gasteiger partial charge in [0.1, 0.15) is 12.4 Å². The van der Waals surface area contributed by atoms with Crippen LogP contribution in [-0.4, -0.2) is 43.3 Å². The normalized spacial score (nSPS) is 9.86. The van der Waals surface area contributed by atoms with Gasteiger partial charge in [-0.1, -0.05) is 0 Å². The number of ketones is 1. The third kappa shape index (κ3) is 9.15. The summed E-state index contributed by atoms with van der Waals surface area (Å²) in [5.74, 6) is -0.425. The summed E-state index contributed by atoms with van der Waals surface area (Å²) >= 11 is 0. The molecule has 0 aliphatic rings. The maximum atomic E-state index is 10.9. The first-order valence-electron chi connectivity index (χ1n) is 4.50. The van der Waals surface area contributed by atoms with E-state index in [1.165, 1.54) is 6.92 Å². The minimum absolute atomic E-state index is 0.0292. The zero-order valence-electron chi connectivity index (χ0n) is 8.32. The van der Waals surface area contributed by atoms with Crippen LogP contribution >= 0.6 is 0 Å². The molecule has 0 saturated carbocycles. The Bertz CT molecular complexity index is 178. The highest BCUT2D eigenvalue weighted by Gasteiger charge is 2.03. The van der Waals surface area contributed by atoms with Gasteiger partial charge in [0.2, 0.25) is 0 Å². The summed E-state index contributed by atoms with van der Waals surface area (Å²) in [4.78, 5) is 21.4. The Labute approximate surface area is 83.0 Å². The predicted molar refractivity (Wildman–Crippen MR) is 48.8 cm³/mol. The molecule has 5 heteroatoms. The minimum Gasteiger partial charge on any atom is -0.463 e. The van der Waals surface area contributed by atoms with Crippen LogP contribution in [0.15, 0.2) is 0 Å². The fourth-order valence-electron chi connectivity index (χ4n) is 0.731. The van der Waals surface area contributed by atoms with Crippen molar-refractivity contribution in [3.05, 3.63) is 0 Å². The molecule has 0 saturated heterocycles. The largest absolute Gasteiger partial charge is 0.463 e. The Morgan fingerprint density at radius 2 is 1.86 bits per heavy atom. The Morgan fingerprint density at radius 3 is 2.43 bits per heavy atom. The monoisotopic (exact) mass is 204 g/mol. The molecule has 5 nitrogen and oxygen atoms in total. The smallest absolute Gasteiger partial charge is 0.306 e. The number of aliphatic hydroxyl groups is 1. The molecule has 0 aliphatic carbocycles. The molecular formula is C9H16O5. The number of ether oxygens (including phenoxy) is 2. The van der Waals surface area contributed by atoms with Gasteiger partial charge in [0.05, 0.1) is 26.2 Å². The molecule has 0 aromatic carbocycles. The number of Topliss-reactive ketones (excluding diaryl/α,β-unsaturated/α-hetero) is 1. The van der Waals surface area contributed by atoms with E-state index in [9.17, 15) is 9.59 Å². The third-order valence-electron chi connectivity index (χ3n) is 1.41. The number of aliphatic hydroxyl groups excluding tert-OH is 1. The van der Waals surface area contributed by atoms with Crippen molar-refractivity contribution in [3.63, 3.8) is 0 Å². The molecule has 14 heavy (non-hydrogen) atoms. The molecule has 0 aliphatic heterocycles. The van der Waals surface area contributed by atoms with E-state index in [0.717, 1.165) is 0 Å². The van der Waals surface area contributed by atoms with Gasteiger partial charge in [0.25, 0.3) is 0 Å². The van der Waals surface area contributed by atoms with Gasteiger partial charge in [0.15, 0.2) is 0 Å². The molecule has 0 bridgehead atoms. The number of hydrogen-bond acceptors (Lipinski definition) is 5. The summed E-state index contributed by atoms with van der Waals surface area (Å²) in [7, 11) is 0. The first-order chi connectivity index (χ1) is 6.66. The summed E-state index contributed by atoms with van der Waals surface area (Å²) in [5.41, 5.74) is 0. The number of esters is 1. The molecule has 82 valence electrons. The maximum absolute atomic E-state index is 10.9. The molecule has 0 atom stereocenters. The van der Waals surface area contributed by atoms with E-state index in [0.29, 0.717) is 0 Å². The average Bonchev–Trinajstić information content (AvgIpc) is 2.14. The fourth-order valence-corrected chi connectivity index (χ4v) is 0.731. The van der Waals surface area contributed by atoms with Crippen LogP contribution < -0.4 is 0 Å². The van der Waals surface area contributed by atoms with Crippen molar-refractivity contribution >= 4 is 11.8 Å². The summed E-state index contributed by atoms with van der Waals surface area (Å²) in [5, 5.41) is 8.35. The van der Waals surface area contributed by atoms with Crippen molar-refractivity contribution in [1.29, 1.82) is 0 Å². The van der Waals surface area contributed by atoms with Gasteiger partial charge in [-0.25, -0.2) is 0 Å². The molecule has 1 N–H and O–H groups in total. The summed E-state index contributed by atoms with van der Waals surface area (Å²) in [6.07, 6.45) is 0.339. The zero-order valence-corrected chi connectivity index (χ0v) is 8.32. The molecule has 0 aromatic heterocycles. The Morgan fingerprint density at radius 1 is 1.14 bits per heavy atom. The highest BCUT2D eigenvalue weighted by atomic mass is 16.6. The Balaban J connectivity index is 3.22. The first-order valence-corrected chi connectivity index (χ1v) is 4.50. The lowest BCUT2D eigenvalue weighted by atomic mass is 10.2. The van der Waals surface area contributed by atoms with Gasteiger partial charge in [0, 0.05) is 6.42 Å². The average molecular weight is 204 g/mol. The number of hydrogen-bond donors (Lipinski definition) is 1. The van der Waals surface area contributed by atoms with Gasteiger partial charge in [-0.2, -0.15) is 0 Å². The number of carbonyl (C=O) groups excluding carboxylic acids is 2. The number of rotatable bonds is 8. The molecule has 0 unspecified atom stereocenters. The summed E-state index contributed by atoms with van der Waals surface area (Å²) in [6.45, 7) is 2.06. The van der Waals surface area contributed by atoms with Gasteiger partial charge >= 0.3 is 5.97 Å². The van der Waals surface area contributed by atoms with E-state index < -0.39 is 5.97 Å². The molecule has 0 fully saturated rings. The van der Waals surface area contributed by atoms with Crippen molar-refractivity contribution in [2.75, 3.05) is 26.4 Å². The van der Waals surface area contributed by atoms with E-state index in [1.807, 2.05) is 0 Å².